The predicted octanol–water partition coefficient (Wildman–Crippen LogP) is 0.116. The Morgan fingerprint density at radius 3 is 3.00 bits per heavy atom. The summed E-state index contributed by atoms with van der Waals surface area (Å²) in [6.45, 7) is 0. The molecular formula is C5H6N2O3. The lowest BCUT2D eigenvalue weighted by Crippen LogP contribution is -1.97. The molecule has 1 aromatic heterocycles. The molecule has 0 atom stereocenters. The monoisotopic (exact) mass is 142 g/mol. The van der Waals surface area contributed by atoms with E-state index in [4.69, 9.17) is 5.11 Å². The number of aromatic carboxylic acids is 1. The van der Waals surface area contributed by atoms with E-state index >= 15 is 0 Å². The van der Waals surface area contributed by atoms with Crippen LogP contribution in [-0.2, 0) is 0 Å². The van der Waals surface area contributed by atoms with Crippen molar-refractivity contribution in [2.75, 3.05) is 7.11 Å². The molecule has 1 aromatic rings. The van der Waals surface area contributed by atoms with Gasteiger partial charge in [-0.1, -0.05) is 0 Å². The molecular weight excluding hydrogens is 136 g/mol. The minimum atomic E-state index is -1.05. The van der Waals surface area contributed by atoms with Crippen LogP contribution in [0.15, 0.2) is 6.20 Å². The van der Waals surface area contributed by atoms with Gasteiger partial charge in [-0.15, -0.1) is 0 Å². The van der Waals surface area contributed by atoms with Crippen molar-refractivity contribution in [1.82, 2.24) is 10.2 Å². The molecule has 10 heavy (non-hydrogen) atoms. The van der Waals surface area contributed by atoms with Gasteiger partial charge < -0.3 is 9.84 Å². The van der Waals surface area contributed by atoms with Crippen LogP contribution in [0.4, 0.5) is 0 Å². The van der Waals surface area contributed by atoms with Crippen LogP contribution in [0.3, 0.4) is 0 Å². The van der Waals surface area contributed by atoms with Crippen molar-refractivity contribution in [3.05, 3.63) is 11.8 Å². The average Bonchev–Trinajstić information content (AvgIpc) is 2.33. The Bertz CT molecular complexity index is 243. The molecule has 54 valence electrons. The number of ether oxygens (including phenoxy) is 1. The highest BCUT2D eigenvalue weighted by Gasteiger charge is 2.11. The average molecular weight is 142 g/mol. The summed E-state index contributed by atoms with van der Waals surface area (Å²) < 4.78 is 4.65. The molecule has 5 heteroatoms. The Morgan fingerprint density at radius 2 is 2.60 bits per heavy atom. The first kappa shape index (κ1) is 6.60. The molecule has 0 spiro atoms. The SMILES string of the molecule is COc1[nH]ncc1C(=O)O. The summed E-state index contributed by atoms with van der Waals surface area (Å²) in [4.78, 5) is 10.3. The molecule has 0 aromatic carbocycles. The van der Waals surface area contributed by atoms with Gasteiger partial charge in [-0.2, -0.15) is 5.10 Å². The van der Waals surface area contributed by atoms with E-state index < -0.39 is 5.97 Å². The third-order valence-corrected chi connectivity index (χ3v) is 1.04. The van der Waals surface area contributed by atoms with Gasteiger partial charge in [-0.3, -0.25) is 0 Å². The summed E-state index contributed by atoms with van der Waals surface area (Å²) in [5.41, 5.74) is 0.0440. The largest absolute Gasteiger partial charge is 0.481 e. The fraction of sp³-hybridized carbons (Fsp3) is 0.200. The maximum Gasteiger partial charge on any atom is 0.342 e. The number of hydrogen-bond donors (Lipinski definition) is 2. The first-order valence-corrected chi connectivity index (χ1v) is 2.56. The van der Waals surface area contributed by atoms with Crippen molar-refractivity contribution in [1.29, 1.82) is 0 Å². The van der Waals surface area contributed by atoms with Crippen LogP contribution >= 0.6 is 0 Å². The van der Waals surface area contributed by atoms with Gasteiger partial charge in [0.05, 0.1) is 13.3 Å². The molecule has 1 heterocycles. The number of carboxylic acids is 1. The fourth-order valence-electron chi connectivity index (χ4n) is 0.582. The lowest BCUT2D eigenvalue weighted by molar-refractivity contribution is 0.0693. The van der Waals surface area contributed by atoms with E-state index in [1.165, 1.54) is 13.3 Å². The van der Waals surface area contributed by atoms with Gasteiger partial charge in [0, 0.05) is 0 Å². The third-order valence-electron chi connectivity index (χ3n) is 1.04. The molecule has 0 radical (unpaired) electrons. The molecule has 0 fully saturated rings. The number of nitrogens with zero attached hydrogens (tertiary/aromatic N) is 1. The third kappa shape index (κ3) is 0.928. The maximum absolute atomic E-state index is 10.3. The molecule has 1 rings (SSSR count). The summed E-state index contributed by atoms with van der Waals surface area (Å²) in [6.07, 6.45) is 1.20. The number of carboxylic acid groups (broad SMARTS) is 1. The zero-order chi connectivity index (χ0) is 7.56. The number of aromatic nitrogens is 2. The lowest BCUT2D eigenvalue weighted by Gasteiger charge is -1.93. The molecule has 0 bridgehead atoms. The van der Waals surface area contributed by atoms with Crippen molar-refractivity contribution >= 4 is 5.97 Å². The normalized spacial score (nSPS) is 9.30. The fourth-order valence-corrected chi connectivity index (χ4v) is 0.582. The van der Waals surface area contributed by atoms with Crippen molar-refractivity contribution in [2.45, 2.75) is 0 Å². The standard InChI is InChI=1S/C5H6N2O3/c1-10-4-3(5(8)9)2-6-7-4/h2H,1H3,(H,6,7)(H,8,9). The number of nitrogens with one attached hydrogen (secondary N) is 1. The quantitative estimate of drug-likeness (QED) is 0.614. The van der Waals surface area contributed by atoms with Crippen LogP contribution in [-0.4, -0.2) is 28.4 Å². The van der Waals surface area contributed by atoms with E-state index in [0.29, 0.717) is 0 Å². The van der Waals surface area contributed by atoms with Crippen LogP contribution < -0.4 is 4.74 Å². The molecule has 0 aliphatic rings. The van der Waals surface area contributed by atoms with Gasteiger partial charge >= 0.3 is 5.97 Å². The van der Waals surface area contributed by atoms with E-state index in [2.05, 4.69) is 14.9 Å². The van der Waals surface area contributed by atoms with Crippen LogP contribution in [0.25, 0.3) is 0 Å². The van der Waals surface area contributed by atoms with Crippen LogP contribution in [0.5, 0.6) is 5.88 Å². The Hall–Kier alpha value is -1.52. The smallest absolute Gasteiger partial charge is 0.342 e. The summed E-state index contributed by atoms with van der Waals surface area (Å²) in [5, 5.41) is 14.3. The zero-order valence-electron chi connectivity index (χ0n) is 5.29. The molecule has 0 unspecified atom stereocenters. The minimum absolute atomic E-state index is 0.0440. The van der Waals surface area contributed by atoms with Crippen molar-refractivity contribution in [2.24, 2.45) is 0 Å². The lowest BCUT2D eigenvalue weighted by atomic mass is 10.3. The highest BCUT2D eigenvalue weighted by Crippen LogP contribution is 2.11. The second-order valence-corrected chi connectivity index (χ2v) is 1.62. The minimum Gasteiger partial charge on any atom is -0.481 e. The number of hydrogen-bond acceptors (Lipinski definition) is 3. The summed E-state index contributed by atoms with van der Waals surface area (Å²) in [6, 6.07) is 0. The molecule has 0 aliphatic carbocycles. The van der Waals surface area contributed by atoms with Crippen molar-refractivity contribution < 1.29 is 14.6 Å². The summed E-state index contributed by atoms with van der Waals surface area (Å²) in [7, 11) is 1.37. The van der Waals surface area contributed by atoms with Crippen LogP contribution in [0.2, 0.25) is 0 Å². The van der Waals surface area contributed by atoms with E-state index in [0.717, 1.165) is 0 Å². The second kappa shape index (κ2) is 2.38. The Kier molecular flexibility index (Phi) is 1.57. The molecule has 0 saturated carbocycles. The highest BCUT2D eigenvalue weighted by molar-refractivity contribution is 5.89. The number of carbonyl (C=O) groups is 1. The number of methoxy groups -OCH3 is 1. The van der Waals surface area contributed by atoms with Crippen LogP contribution in [0, 0.1) is 0 Å². The van der Waals surface area contributed by atoms with Gasteiger partial charge in [0.2, 0.25) is 5.88 Å². The Labute approximate surface area is 56.6 Å². The first-order valence-electron chi connectivity index (χ1n) is 2.56. The number of aromatic amines is 1. The van der Waals surface area contributed by atoms with Crippen LogP contribution in [0.1, 0.15) is 10.4 Å². The molecule has 0 saturated heterocycles. The topological polar surface area (TPSA) is 75.2 Å². The maximum atomic E-state index is 10.3. The van der Waals surface area contributed by atoms with Gasteiger partial charge in [0.1, 0.15) is 5.56 Å². The molecule has 0 amide bonds. The first-order chi connectivity index (χ1) is 4.75. The molecule has 2 N–H and O–H groups in total. The van der Waals surface area contributed by atoms with Gasteiger partial charge in [-0.05, 0) is 0 Å². The predicted molar refractivity (Wildman–Crippen MR) is 32.1 cm³/mol. The highest BCUT2D eigenvalue weighted by atomic mass is 16.5. The van der Waals surface area contributed by atoms with Gasteiger partial charge in [-0.25, -0.2) is 9.89 Å². The Morgan fingerprint density at radius 1 is 1.90 bits per heavy atom. The molecule has 0 aliphatic heterocycles. The van der Waals surface area contributed by atoms with Gasteiger partial charge in [0.25, 0.3) is 0 Å². The van der Waals surface area contributed by atoms with E-state index in [9.17, 15) is 4.79 Å². The van der Waals surface area contributed by atoms with Crippen molar-refractivity contribution in [3.8, 4) is 5.88 Å². The van der Waals surface area contributed by atoms with Gasteiger partial charge in [0.15, 0.2) is 0 Å². The number of H-pyrrole nitrogens is 1. The Balaban J connectivity index is 3.01. The van der Waals surface area contributed by atoms with E-state index in [1.807, 2.05) is 0 Å². The zero-order valence-corrected chi connectivity index (χ0v) is 5.29. The molecule has 5 nitrogen and oxygen atoms in total. The van der Waals surface area contributed by atoms with E-state index in [1.54, 1.807) is 0 Å². The van der Waals surface area contributed by atoms with Crippen molar-refractivity contribution in [3.63, 3.8) is 0 Å². The summed E-state index contributed by atoms with van der Waals surface area (Å²) >= 11 is 0. The summed E-state index contributed by atoms with van der Waals surface area (Å²) in [5.74, 6) is -0.877. The second-order valence-electron chi connectivity index (χ2n) is 1.62. The number of rotatable bonds is 2. The van der Waals surface area contributed by atoms with E-state index in [-0.39, 0.29) is 11.4 Å².